The second-order valence-electron chi connectivity index (χ2n) is 5.09. The first-order valence-corrected chi connectivity index (χ1v) is 7.03. The second-order valence-corrected chi connectivity index (χ2v) is 5.82. The Kier molecular flexibility index (Phi) is 2.11. The van der Waals surface area contributed by atoms with Crippen LogP contribution in [0.5, 0.6) is 0 Å². The van der Waals surface area contributed by atoms with Gasteiger partial charge in [0.1, 0.15) is 5.82 Å². The van der Waals surface area contributed by atoms with Gasteiger partial charge in [-0.2, -0.15) is 4.37 Å². The maximum Gasteiger partial charge on any atom is 0.205 e. The number of fused-ring (bicyclic) bond motifs is 1. The normalized spacial score (nSPS) is 18.1. The highest BCUT2D eigenvalue weighted by Gasteiger charge is 2.29. The molecule has 0 atom stereocenters. The zero-order chi connectivity index (χ0) is 12.1. The van der Waals surface area contributed by atoms with Gasteiger partial charge in [0.2, 0.25) is 5.13 Å². The van der Waals surface area contributed by atoms with Gasteiger partial charge < -0.3 is 10.6 Å². The lowest BCUT2D eigenvalue weighted by Crippen LogP contribution is -2.14. The lowest BCUT2D eigenvalue weighted by Gasteiger charge is -2.11. The van der Waals surface area contributed by atoms with Gasteiger partial charge in [-0.15, -0.1) is 0 Å². The first kappa shape index (κ1) is 10.3. The van der Waals surface area contributed by atoms with E-state index >= 15 is 0 Å². The van der Waals surface area contributed by atoms with Crippen LogP contribution in [0.2, 0.25) is 0 Å². The summed E-state index contributed by atoms with van der Waals surface area (Å²) in [6.45, 7) is 1.83. The molecule has 0 amide bonds. The van der Waals surface area contributed by atoms with Crippen LogP contribution >= 0.6 is 11.5 Å². The van der Waals surface area contributed by atoms with Gasteiger partial charge in [-0.05, 0) is 36.1 Å². The van der Waals surface area contributed by atoms with E-state index in [0.717, 1.165) is 29.7 Å². The van der Waals surface area contributed by atoms with Crippen molar-refractivity contribution in [3.05, 3.63) is 35.2 Å². The molecule has 92 valence electrons. The monoisotopic (exact) mass is 258 g/mol. The van der Waals surface area contributed by atoms with Crippen molar-refractivity contribution in [3.8, 4) is 0 Å². The van der Waals surface area contributed by atoms with Gasteiger partial charge in [0, 0.05) is 36.2 Å². The summed E-state index contributed by atoms with van der Waals surface area (Å²) in [6.07, 6.45) is 2.51. The summed E-state index contributed by atoms with van der Waals surface area (Å²) in [6, 6.07) is 6.16. The molecule has 1 aliphatic heterocycles. The van der Waals surface area contributed by atoms with Gasteiger partial charge >= 0.3 is 0 Å². The summed E-state index contributed by atoms with van der Waals surface area (Å²) in [5.41, 5.74) is 9.33. The Morgan fingerprint density at radius 3 is 2.89 bits per heavy atom. The van der Waals surface area contributed by atoms with Crippen molar-refractivity contribution in [2.75, 3.05) is 10.6 Å². The molecule has 4 rings (SSSR count). The molecule has 2 heterocycles. The van der Waals surface area contributed by atoms with Crippen molar-refractivity contribution >= 4 is 22.4 Å². The molecule has 2 aromatic rings. The summed E-state index contributed by atoms with van der Waals surface area (Å²) in [5.74, 6) is 1.68. The Morgan fingerprint density at radius 1 is 1.22 bits per heavy atom. The number of aromatic nitrogens is 2. The molecule has 0 saturated heterocycles. The summed E-state index contributed by atoms with van der Waals surface area (Å²) in [7, 11) is 0. The smallest absolute Gasteiger partial charge is 0.205 e. The average molecular weight is 258 g/mol. The lowest BCUT2D eigenvalue weighted by molar-refractivity contribution is 0.860. The van der Waals surface area contributed by atoms with Crippen molar-refractivity contribution in [1.29, 1.82) is 0 Å². The Balaban J connectivity index is 1.60. The highest BCUT2D eigenvalue weighted by atomic mass is 32.1. The molecule has 0 bridgehead atoms. The maximum absolute atomic E-state index is 5.82. The number of hydrogen-bond donors (Lipinski definition) is 1. The summed E-state index contributed by atoms with van der Waals surface area (Å²) in [5, 5.41) is 1.05. The predicted molar refractivity (Wildman–Crippen MR) is 72.6 cm³/mol. The highest BCUT2D eigenvalue weighted by molar-refractivity contribution is 7.09. The van der Waals surface area contributed by atoms with Crippen LogP contribution in [0, 0.1) is 0 Å². The first-order chi connectivity index (χ1) is 8.79. The molecule has 0 spiro atoms. The number of benzene rings is 1. The zero-order valence-corrected chi connectivity index (χ0v) is 10.8. The fourth-order valence-electron chi connectivity index (χ4n) is 2.41. The number of hydrogen-bond acceptors (Lipinski definition) is 5. The van der Waals surface area contributed by atoms with Gasteiger partial charge in [0.05, 0.1) is 0 Å². The van der Waals surface area contributed by atoms with Gasteiger partial charge in [-0.3, -0.25) is 0 Å². The third-order valence-electron chi connectivity index (χ3n) is 3.60. The SMILES string of the molecule is Nc1ccc2c(c1)CN(c1nc(C3CC3)ns1)C2. The van der Waals surface area contributed by atoms with Crippen LogP contribution in [0.4, 0.5) is 10.8 Å². The van der Waals surface area contributed by atoms with Crippen molar-refractivity contribution in [1.82, 2.24) is 9.36 Å². The average Bonchev–Trinajstić information content (AvgIpc) is 2.95. The topological polar surface area (TPSA) is 55.0 Å². The van der Waals surface area contributed by atoms with E-state index in [2.05, 4.69) is 26.4 Å². The lowest BCUT2D eigenvalue weighted by atomic mass is 10.1. The molecule has 18 heavy (non-hydrogen) atoms. The van der Waals surface area contributed by atoms with Crippen LogP contribution in [0.1, 0.15) is 35.7 Å². The molecule has 0 radical (unpaired) electrons. The Morgan fingerprint density at radius 2 is 2.06 bits per heavy atom. The predicted octanol–water partition coefficient (Wildman–Crippen LogP) is 2.52. The molecule has 4 nitrogen and oxygen atoms in total. The Labute approximate surface area is 110 Å². The molecule has 0 unspecified atom stereocenters. The van der Waals surface area contributed by atoms with Crippen molar-refractivity contribution in [2.45, 2.75) is 31.8 Å². The van der Waals surface area contributed by atoms with Crippen LogP contribution in [0.3, 0.4) is 0 Å². The first-order valence-electron chi connectivity index (χ1n) is 6.25. The molecule has 1 saturated carbocycles. The fraction of sp³-hybridized carbons (Fsp3) is 0.385. The quantitative estimate of drug-likeness (QED) is 0.841. The summed E-state index contributed by atoms with van der Waals surface area (Å²) in [4.78, 5) is 6.95. The zero-order valence-electron chi connectivity index (χ0n) is 9.97. The van der Waals surface area contributed by atoms with E-state index < -0.39 is 0 Å². The van der Waals surface area contributed by atoms with Gasteiger partial charge in [0.25, 0.3) is 0 Å². The molecular weight excluding hydrogens is 244 g/mol. The fourth-order valence-corrected chi connectivity index (χ4v) is 3.16. The molecule has 5 heteroatoms. The van der Waals surface area contributed by atoms with E-state index in [4.69, 9.17) is 5.73 Å². The van der Waals surface area contributed by atoms with Gasteiger partial charge in [-0.25, -0.2) is 4.98 Å². The maximum atomic E-state index is 5.82. The summed E-state index contributed by atoms with van der Waals surface area (Å²) >= 11 is 1.52. The Bertz CT molecular complexity index is 603. The minimum atomic E-state index is 0.635. The van der Waals surface area contributed by atoms with Crippen molar-refractivity contribution in [2.24, 2.45) is 0 Å². The summed E-state index contributed by atoms with van der Waals surface area (Å²) < 4.78 is 4.47. The number of nitrogens with zero attached hydrogens (tertiary/aromatic N) is 3. The van der Waals surface area contributed by atoms with E-state index in [1.54, 1.807) is 0 Å². The minimum absolute atomic E-state index is 0.635. The number of rotatable bonds is 2. The molecule has 1 aliphatic carbocycles. The highest BCUT2D eigenvalue weighted by Crippen LogP contribution is 2.40. The van der Waals surface area contributed by atoms with E-state index in [9.17, 15) is 0 Å². The molecule has 1 aromatic heterocycles. The standard InChI is InChI=1S/C13H14N4S/c14-11-4-3-9-6-17(7-10(9)5-11)13-15-12(16-18-13)8-1-2-8/h3-5,8H,1-2,6-7,14H2. The van der Waals surface area contributed by atoms with E-state index in [1.165, 1.54) is 35.5 Å². The molecule has 1 aromatic carbocycles. The number of anilines is 2. The third-order valence-corrected chi connectivity index (χ3v) is 4.39. The van der Waals surface area contributed by atoms with E-state index in [0.29, 0.717) is 5.92 Å². The number of nitrogens with two attached hydrogens (primary N) is 1. The van der Waals surface area contributed by atoms with Crippen LogP contribution in [0.25, 0.3) is 0 Å². The molecule has 2 aliphatic rings. The molecular formula is C13H14N4S. The number of nitrogen functional groups attached to an aromatic ring is 1. The third kappa shape index (κ3) is 1.66. The molecule has 2 N–H and O–H groups in total. The van der Waals surface area contributed by atoms with Gasteiger partial charge in [-0.1, -0.05) is 6.07 Å². The van der Waals surface area contributed by atoms with Crippen LogP contribution in [-0.2, 0) is 13.1 Å². The second kappa shape index (κ2) is 3.68. The Hall–Kier alpha value is -1.62. The van der Waals surface area contributed by atoms with E-state index in [1.807, 2.05) is 6.07 Å². The van der Waals surface area contributed by atoms with Crippen molar-refractivity contribution < 1.29 is 0 Å². The van der Waals surface area contributed by atoms with Crippen LogP contribution < -0.4 is 10.6 Å². The van der Waals surface area contributed by atoms with Crippen LogP contribution in [-0.4, -0.2) is 9.36 Å². The van der Waals surface area contributed by atoms with E-state index in [-0.39, 0.29) is 0 Å². The molecule has 1 fully saturated rings. The minimum Gasteiger partial charge on any atom is -0.399 e. The largest absolute Gasteiger partial charge is 0.399 e. The van der Waals surface area contributed by atoms with Gasteiger partial charge in [0.15, 0.2) is 0 Å². The van der Waals surface area contributed by atoms with Crippen molar-refractivity contribution in [3.63, 3.8) is 0 Å². The van der Waals surface area contributed by atoms with Crippen LogP contribution in [0.15, 0.2) is 18.2 Å².